The monoisotopic (exact) mass is 239 g/mol. The van der Waals surface area contributed by atoms with Gasteiger partial charge in [0, 0.05) is 6.20 Å². The second-order valence-electron chi connectivity index (χ2n) is 3.67. The predicted molar refractivity (Wildman–Crippen MR) is 70.6 cm³/mol. The number of pyridine rings is 1. The molecule has 0 aliphatic carbocycles. The summed E-state index contributed by atoms with van der Waals surface area (Å²) in [5.41, 5.74) is 2.04. The highest BCUT2D eigenvalue weighted by Gasteiger charge is 2.12. The van der Waals surface area contributed by atoms with Crippen molar-refractivity contribution in [3.8, 4) is 0 Å². The summed E-state index contributed by atoms with van der Waals surface area (Å²) < 4.78 is 4.80. The van der Waals surface area contributed by atoms with Crippen molar-refractivity contribution in [2.45, 2.75) is 0 Å². The van der Waals surface area contributed by atoms with Gasteiger partial charge >= 0.3 is 5.97 Å². The van der Waals surface area contributed by atoms with E-state index >= 15 is 0 Å². The molecule has 3 nitrogen and oxygen atoms in total. The van der Waals surface area contributed by atoms with Crippen LogP contribution in [0.4, 0.5) is 0 Å². The lowest BCUT2D eigenvalue weighted by Crippen LogP contribution is -2.03. The number of esters is 1. The first kappa shape index (κ1) is 12.0. The molecule has 0 radical (unpaired) electrons. The molecule has 1 aromatic heterocycles. The average Bonchev–Trinajstić information content (AvgIpc) is 2.46. The minimum atomic E-state index is -0.369. The molecular formula is C15H13NO2. The van der Waals surface area contributed by atoms with Gasteiger partial charge in [0.05, 0.1) is 18.4 Å². The molecular weight excluding hydrogens is 226 g/mol. The fraction of sp³-hybridized carbons (Fsp3) is 0.0667. The third kappa shape index (κ3) is 2.83. The van der Waals surface area contributed by atoms with Crippen LogP contribution in [0.1, 0.15) is 11.3 Å². The normalized spacial score (nSPS) is 11.1. The van der Waals surface area contributed by atoms with Gasteiger partial charge in [0.15, 0.2) is 0 Å². The molecule has 0 spiro atoms. The molecule has 0 aliphatic heterocycles. The van der Waals surface area contributed by atoms with Crippen molar-refractivity contribution in [2.24, 2.45) is 0 Å². The number of aromatic nitrogens is 1. The SMILES string of the molecule is COC(=O)/C(=C/c1ccccn1)c1ccccc1. The van der Waals surface area contributed by atoms with Crippen molar-refractivity contribution >= 4 is 17.6 Å². The first-order valence-electron chi connectivity index (χ1n) is 5.58. The Morgan fingerprint density at radius 2 is 1.83 bits per heavy atom. The molecule has 0 aliphatic rings. The molecule has 18 heavy (non-hydrogen) atoms. The van der Waals surface area contributed by atoms with E-state index < -0.39 is 0 Å². The second-order valence-corrected chi connectivity index (χ2v) is 3.67. The Morgan fingerprint density at radius 1 is 1.11 bits per heavy atom. The number of methoxy groups -OCH3 is 1. The van der Waals surface area contributed by atoms with Crippen LogP contribution in [0.15, 0.2) is 54.7 Å². The number of nitrogens with zero attached hydrogens (tertiary/aromatic N) is 1. The third-order valence-corrected chi connectivity index (χ3v) is 2.47. The molecule has 0 bridgehead atoms. The Balaban J connectivity index is 2.44. The Kier molecular flexibility index (Phi) is 3.86. The Bertz CT molecular complexity index is 547. The van der Waals surface area contributed by atoms with E-state index in [1.54, 1.807) is 12.3 Å². The minimum Gasteiger partial charge on any atom is -0.465 e. The van der Waals surface area contributed by atoms with Gasteiger partial charge in [0.1, 0.15) is 0 Å². The molecule has 0 atom stereocenters. The van der Waals surface area contributed by atoms with Crippen LogP contribution in [0.2, 0.25) is 0 Å². The first-order valence-corrected chi connectivity index (χ1v) is 5.58. The molecule has 0 fully saturated rings. The van der Waals surface area contributed by atoms with Crippen LogP contribution in [0.25, 0.3) is 11.6 Å². The number of carbonyl (C=O) groups is 1. The maximum atomic E-state index is 11.8. The summed E-state index contributed by atoms with van der Waals surface area (Å²) >= 11 is 0. The number of ether oxygens (including phenoxy) is 1. The van der Waals surface area contributed by atoms with Crippen molar-refractivity contribution in [1.82, 2.24) is 4.98 Å². The van der Waals surface area contributed by atoms with E-state index in [1.165, 1.54) is 7.11 Å². The number of rotatable bonds is 3. The van der Waals surface area contributed by atoms with Crippen LogP contribution >= 0.6 is 0 Å². The van der Waals surface area contributed by atoms with Crippen LogP contribution in [0, 0.1) is 0 Å². The third-order valence-electron chi connectivity index (χ3n) is 2.47. The smallest absolute Gasteiger partial charge is 0.338 e. The van der Waals surface area contributed by atoms with E-state index in [9.17, 15) is 4.79 Å². The molecule has 2 aromatic rings. The zero-order valence-corrected chi connectivity index (χ0v) is 10.0. The molecule has 1 aromatic carbocycles. The molecule has 90 valence electrons. The molecule has 0 unspecified atom stereocenters. The van der Waals surface area contributed by atoms with E-state index in [4.69, 9.17) is 4.74 Å². The maximum Gasteiger partial charge on any atom is 0.338 e. The van der Waals surface area contributed by atoms with Gasteiger partial charge in [0.25, 0.3) is 0 Å². The fourth-order valence-electron chi connectivity index (χ4n) is 1.60. The van der Waals surface area contributed by atoms with Gasteiger partial charge in [-0.25, -0.2) is 4.79 Å². The predicted octanol–water partition coefficient (Wildman–Crippen LogP) is 2.80. The van der Waals surface area contributed by atoms with Crippen molar-refractivity contribution in [3.05, 3.63) is 66.0 Å². The average molecular weight is 239 g/mol. The number of hydrogen-bond donors (Lipinski definition) is 0. The van der Waals surface area contributed by atoms with Crippen LogP contribution in [-0.4, -0.2) is 18.1 Å². The van der Waals surface area contributed by atoms with Gasteiger partial charge in [0.2, 0.25) is 0 Å². The molecule has 0 saturated heterocycles. The van der Waals surface area contributed by atoms with E-state index in [-0.39, 0.29) is 5.97 Å². The number of carbonyl (C=O) groups excluding carboxylic acids is 1. The van der Waals surface area contributed by atoms with Gasteiger partial charge < -0.3 is 4.74 Å². The van der Waals surface area contributed by atoms with Crippen LogP contribution in [-0.2, 0) is 9.53 Å². The van der Waals surface area contributed by atoms with Gasteiger partial charge in [-0.1, -0.05) is 36.4 Å². The van der Waals surface area contributed by atoms with Crippen LogP contribution in [0.5, 0.6) is 0 Å². The summed E-state index contributed by atoms with van der Waals surface area (Å²) in [6, 6.07) is 14.9. The van der Waals surface area contributed by atoms with E-state index in [0.29, 0.717) is 5.57 Å². The Hall–Kier alpha value is -2.42. The largest absolute Gasteiger partial charge is 0.465 e. The lowest BCUT2D eigenvalue weighted by molar-refractivity contribution is -0.133. The van der Waals surface area contributed by atoms with Crippen LogP contribution in [0.3, 0.4) is 0 Å². The van der Waals surface area contributed by atoms with E-state index in [2.05, 4.69) is 4.98 Å². The van der Waals surface area contributed by atoms with Crippen molar-refractivity contribution in [1.29, 1.82) is 0 Å². The molecule has 0 N–H and O–H groups in total. The fourth-order valence-corrected chi connectivity index (χ4v) is 1.60. The summed E-state index contributed by atoms with van der Waals surface area (Å²) in [7, 11) is 1.37. The van der Waals surface area contributed by atoms with Gasteiger partial charge in [-0.2, -0.15) is 0 Å². The van der Waals surface area contributed by atoms with Crippen molar-refractivity contribution in [3.63, 3.8) is 0 Å². The first-order chi connectivity index (χ1) is 8.81. The zero-order valence-electron chi connectivity index (χ0n) is 10.0. The van der Waals surface area contributed by atoms with Crippen LogP contribution < -0.4 is 0 Å². The summed E-state index contributed by atoms with van der Waals surface area (Å²) in [4.78, 5) is 16.0. The lowest BCUT2D eigenvalue weighted by atomic mass is 10.0. The highest BCUT2D eigenvalue weighted by molar-refractivity contribution is 6.21. The highest BCUT2D eigenvalue weighted by Crippen LogP contribution is 2.18. The second kappa shape index (κ2) is 5.77. The van der Waals surface area contributed by atoms with E-state index in [1.807, 2.05) is 48.5 Å². The van der Waals surface area contributed by atoms with Gasteiger partial charge in [-0.3, -0.25) is 4.98 Å². The molecule has 3 heteroatoms. The van der Waals surface area contributed by atoms with Gasteiger partial charge in [-0.15, -0.1) is 0 Å². The van der Waals surface area contributed by atoms with Crippen molar-refractivity contribution in [2.75, 3.05) is 7.11 Å². The zero-order chi connectivity index (χ0) is 12.8. The summed E-state index contributed by atoms with van der Waals surface area (Å²) in [6.45, 7) is 0. The standard InChI is InChI=1S/C15H13NO2/c1-18-15(17)14(12-7-3-2-4-8-12)11-13-9-5-6-10-16-13/h2-11H,1H3/b14-11+. The molecule has 0 saturated carbocycles. The Morgan fingerprint density at radius 3 is 2.44 bits per heavy atom. The molecule has 0 amide bonds. The summed E-state index contributed by atoms with van der Waals surface area (Å²) in [5.74, 6) is -0.369. The Labute approximate surface area is 106 Å². The lowest BCUT2D eigenvalue weighted by Gasteiger charge is -2.05. The quantitative estimate of drug-likeness (QED) is 0.610. The number of hydrogen-bond acceptors (Lipinski definition) is 3. The summed E-state index contributed by atoms with van der Waals surface area (Å²) in [5, 5.41) is 0. The summed E-state index contributed by atoms with van der Waals surface area (Å²) in [6.07, 6.45) is 3.41. The van der Waals surface area contributed by atoms with Gasteiger partial charge in [-0.05, 0) is 23.8 Å². The number of benzene rings is 1. The molecule has 2 rings (SSSR count). The van der Waals surface area contributed by atoms with E-state index in [0.717, 1.165) is 11.3 Å². The maximum absolute atomic E-state index is 11.8. The highest BCUT2D eigenvalue weighted by atomic mass is 16.5. The topological polar surface area (TPSA) is 39.2 Å². The van der Waals surface area contributed by atoms with Crippen molar-refractivity contribution < 1.29 is 9.53 Å². The molecule has 1 heterocycles. The minimum absolute atomic E-state index is 0.369.